The summed E-state index contributed by atoms with van der Waals surface area (Å²) in [6, 6.07) is 8.43. The van der Waals surface area contributed by atoms with Crippen LogP contribution in [0.1, 0.15) is 28.4 Å². The van der Waals surface area contributed by atoms with Gasteiger partial charge in [0.05, 0.1) is 16.8 Å². The molecule has 1 aliphatic rings. The van der Waals surface area contributed by atoms with Gasteiger partial charge in [-0.3, -0.25) is 14.6 Å². The molecule has 0 aliphatic heterocycles. The van der Waals surface area contributed by atoms with Crippen LogP contribution >= 0.6 is 0 Å². The predicted molar refractivity (Wildman–Crippen MR) is 99.1 cm³/mol. The quantitative estimate of drug-likeness (QED) is 0.652. The van der Waals surface area contributed by atoms with Gasteiger partial charge in [-0.05, 0) is 18.2 Å². The third-order valence-corrected chi connectivity index (χ3v) is 3.79. The molecule has 7 heteroatoms. The molecule has 3 rings (SSSR count). The molecule has 1 aromatic carbocycles. The number of Topliss-reactive ketones (excluding diaryl/α,β-unsaturated/α-hetero) is 1. The highest BCUT2D eigenvalue weighted by atomic mass is 16.3. The number of carbonyl (C=O) groups is 2. The van der Waals surface area contributed by atoms with E-state index >= 15 is 0 Å². The first-order valence-electron chi connectivity index (χ1n) is 7.95. The fraction of sp³-hybridized carbons (Fsp3) is 0.158. The highest BCUT2D eigenvalue weighted by Crippen LogP contribution is 2.37. The van der Waals surface area contributed by atoms with Crippen molar-refractivity contribution in [3.8, 4) is 0 Å². The SMILES string of the molecule is CC(=O)Nc1cccc2c1C(=O)C(C(=NN(C)C)c1cccnc1)=C2O. The number of carbonyl (C=O) groups excluding carboxylic acids is 2. The number of hydrogen-bond acceptors (Lipinski definition) is 6. The molecule has 0 unspecified atom stereocenters. The molecule has 132 valence electrons. The maximum absolute atomic E-state index is 13.1. The van der Waals surface area contributed by atoms with Crippen molar-refractivity contribution in [3.05, 3.63) is 65.0 Å². The zero-order chi connectivity index (χ0) is 18.8. The van der Waals surface area contributed by atoms with Crippen molar-refractivity contribution < 1.29 is 14.7 Å². The first-order chi connectivity index (χ1) is 12.4. The fourth-order valence-corrected chi connectivity index (χ4v) is 2.83. The van der Waals surface area contributed by atoms with E-state index in [9.17, 15) is 14.7 Å². The minimum absolute atomic E-state index is 0.0829. The fourth-order valence-electron chi connectivity index (χ4n) is 2.83. The van der Waals surface area contributed by atoms with E-state index in [1.54, 1.807) is 61.8 Å². The summed E-state index contributed by atoms with van der Waals surface area (Å²) in [5.41, 5.74) is 1.98. The summed E-state index contributed by atoms with van der Waals surface area (Å²) in [6.07, 6.45) is 3.19. The number of nitrogens with one attached hydrogen (secondary N) is 1. The average molecular weight is 350 g/mol. The molecule has 2 N–H and O–H groups in total. The molecule has 1 aliphatic carbocycles. The molecule has 0 spiro atoms. The number of aliphatic hydroxyl groups is 1. The van der Waals surface area contributed by atoms with Crippen molar-refractivity contribution in [1.29, 1.82) is 0 Å². The number of aliphatic hydroxyl groups excluding tert-OH is 1. The van der Waals surface area contributed by atoms with E-state index in [0.717, 1.165) is 0 Å². The molecular weight excluding hydrogens is 332 g/mol. The van der Waals surface area contributed by atoms with E-state index in [1.165, 1.54) is 6.92 Å². The number of aromatic nitrogens is 1. The molecule has 2 aromatic rings. The highest BCUT2D eigenvalue weighted by molar-refractivity contribution is 6.40. The number of pyridine rings is 1. The summed E-state index contributed by atoms with van der Waals surface area (Å²) in [7, 11) is 3.45. The van der Waals surface area contributed by atoms with Crippen LogP contribution < -0.4 is 5.32 Å². The maximum atomic E-state index is 13.1. The molecule has 0 bridgehead atoms. The lowest BCUT2D eigenvalue weighted by Gasteiger charge is -2.12. The number of rotatable bonds is 4. The highest BCUT2D eigenvalue weighted by Gasteiger charge is 2.35. The molecule has 1 amide bonds. The Morgan fingerprint density at radius 3 is 2.62 bits per heavy atom. The number of anilines is 1. The Hall–Kier alpha value is -3.48. The second-order valence-corrected chi connectivity index (χ2v) is 6.00. The van der Waals surface area contributed by atoms with Crippen LogP contribution in [0.25, 0.3) is 5.76 Å². The molecule has 1 heterocycles. The summed E-state index contributed by atoms with van der Waals surface area (Å²) in [5.74, 6) is -0.860. The zero-order valence-electron chi connectivity index (χ0n) is 14.6. The van der Waals surface area contributed by atoms with Crippen molar-refractivity contribution >= 4 is 28.8 Å². The normalized spacial score (nSPS) is 13.7. The zero-order valence-corrected chi connectivity index (χ0v) is 14.6. The topological polar surface area (TPSA) is 94.9 Å². The Bertz CT molecular complexity index is 947. The van der Waals surface area contributed by atoms with E-state index in [4.69, 9.17) is 0 Å². The number of fused-ring (bicyclic) bond motifs is 1. The summed E-state index contributed by atoms with van der Waals surface area (Å²) >= 11 is 0. The average Bonchev–Trinajstić information content (AvgIpc) is 2.85. The standard InChI is InChI=1S/C19H18N4O3/c1-11(24)21-14-8-4-7-13-15(14)19(26)16(18(13)25)17(22-23(2)3)12-6-5-9-20-10-12/h4-10,25H,1-3H3,(H,21,24). The third kappa shape index (κ3) is 3.06. The number of nitrogens with zero attached hydrogens (tertiary/aromatic N) is 3. The number of hydrogen-bond donors (Lipinski definition) is 2. The number of benzene rings is 1. The van der Waals surface area contributed by atoms with Gasteiger partial charge in [0.25, 0.3) is 0 Å². The van der Waals surface area contributed by atoms with Crippen LogP contribution in [0.15, 0.2) is 53.4 Å². The number of ketones is 1. The van der Waals surface area contributed by atoms with Gasteiger partial charge >= 0.3 is 0 Å². The smallest absolute Gasteiger partial charge is 0.221 e. The summed E-state index contributed by atoms with van der Waals surface area (Å²) in [5, 5.41) is 19.3. The molecule has 0 saturated carbocycles. The van der Waals surface area contributed by atoms with Crippen molar-refractivity contribution in [3.63, 3.8) is 0 Å². The van der Waals surface area contributed by atoms with Crippen LogP contribution in [0.5, 0.6) is 0 Å². The third-order valence-electron chi connectivity index (χ3n) is 3.79. The minimum atomic E-state index is -0.397. The maximum Gasteiger partial charge on any atom is 0.221 e. The van der Waals surface area contributed by atoms with Crippen LogP contribution in [0.4, 0.5) is 5.69 Å². The monoisotopic (exact) mass is 350 g/mol. The molecule has 0 fully saturated rings. The Kier molecular flexibility index (Phi) is 4.53. The second kappa shape index (κ2) is 6.79. The van der Waals surface area contributed by atoms with Crippen molar-refractivity contribution in [1.82, 2.24) is 9.99 Å². The molecule has 0 radical (unpaired) electrons. The summed E-state index contributed by atoms with van der Waals surface area (Å²) < 4.78 is 0. The van der Waals surface area contributed by atoms with Crippen LogP contribution in [-0.2, 0) is 4.79 Å². The van der Waals surface area contributed by atoms with Crippen LogP contribution in [-0.4, -0.2) is 46.6 Å². The van der Waals surface area contributed by atoms with Gasteiger partial charge < -0.3 is 15.4 Å². The molecule has 26 heavy (non-hydrogen) atoms. The summed E-state index contributed by atoms with van der Waals surface area (Å²) in [4.78, 5) is 28.6. The lowest BCUT2D eigenvalue weighted by Crippen LogP contribution is -2.18. The summed E-state index contributed by atoms with van der Waals surface area (Å²) in [6.45, 7) is 1.36. The number of allylic oxidation sites excluding steroid dienone is 1. The number of amides is 1. The molecule has 0 atom stereocenters. The Morgan fingerprint density at radius 2 is 2.00 bits per heavy atom. The molecular formula is C19H18N4O3. The van der Waals surface area contributed by atoms with Gasteiger partial charge in [-0.1, -0.05) is 12.1 Å². The second-order valence-electron chi connectivity index (χ2n) is 6.00. The van der Waals surface area contributed by atoms with E-state index < -0.39 is 5.78 Å². The number of hydrazone groups is 1. The lowest BCUT2D eigenvalue weighted by atomic mass is 10.00. The first kappa shape index (κ1) is 17.3. The largest absolute Gasteiger partial charge is 0.506 e. The van der Waals surface area contributed by atoms with Gasteiger partial charge in [0.1, 0.15) is 11.5 Å². The van der Waals surface area contributed by atoms with Crippen molar-refractivity contribution in [2.24, 2.45) is 5.10 Å². The van der Waals surface area contributed by atoms with Crippen LogP contribution in [0, 0.1) is 0 Å². The van der Waals surface area contributed by atoms with Gasteiger partial charge in [-0.2, -0.15) is 5.10 Å². The van der Waals surface area contributed by atoms with E-state index in [-0.39, 0.29) is 22.8 Å². The van der Waals surface area contributed by atoms with Crippen LogP contribution in [0.2, 0.25) is 0 Å². The van der Waals surface area contributed by atoms with E-state index in [2.05, 4.69) is 15.4 Å². The Morgan fingerprint density at radius 1 is 1.23 bits per heavy atom. The first-order valence-corrected chi connectivity index (χ1v) is 7.95. The van der Waals surface area contributed by atoms with Gasteiger partial charge in [0.2, 0.25) is 11.7 Å². The van der Waals surface area contributed by atoms with Crippen molar-refractivity contribution in [2.75, 3.05) is 19.4 Å². The van der Waals surface area contributed by atoms with Gasteiger partial charge in [0.15, 0.2) is 0 Å². The Labute approximate surface area is 150 Å². The lowest BCUT2D eigenvalue weighted by molar-refractivity contribution is -0.114. The molecule has 1 aromatic heterocycles. The Balaban J connectivity index is 2.17. The predicted octanol–water partition coefficient (Wildman–Crippen LogP) is 2.47. The molecule has 0 saturated heterocycles. The van der Waals surface area contributed by atoms with Gasteiger partial charge in [-0.25, -0.2) is 0 Å². The van der Waals surface area contributed by atoms with Gasteiger partial charge in [-0.15, -0.1) is 0 Å². The van der Waals surface area contributed by atoms with Crippen LogP contribution in [0.3, 0.4) is 0 Å². The van der Waals surface area contributed by atoms with Gasteiger partial charge in [0, 0.05) is 44.5 Å². The van der Waals surface area contributed by atoms with Crippen molar-refractivity contribution in [2.45, 2.75) is 6.92 Å². The minimum Gasteiger partial charge on any atom is -0.506 e. The molecule has 7 nitrogen and oxygen atoms in total. The van der Waals surface area contributed by atoms with E-state index in [1.807, 2.05) is 0 Å². The van der Waals surface area contributed by atoms with E-state index in [0.29, 0.717) is 22.5 Å².